The molecule has 0 aliphatic carbocycles. The van der Waals surface area contributed by atoms with Crippen molar-refractivity contribution in [3.8, 4) is 11.5 Å². The molecule has 0 aliphatic heterocycles. The molecule has 1 amide bonds. The number of nitrogens with one attached hydrogen (secondary N) is 1. The van der Waals surface area contributed by atoms with E-state index in [1.54, 1.807) is 0 Å². The quantitative estimate of drug-likeness (QED) is 0.440. The third-order valence-electron chi connectivity index (χ3n) is 3.75. The average Bonchev–Trinajstić information content (AvgIpc) is 2.61. The highest BCUT2D eigenvalue weighted by molar-refractivity contribution is 5.84. The Morgan fingerprint density at radius 2 is 2.07 bits per heavy atom. The average molecular weight is 371 g/mol. The van der Waals surface area contributed by atoms with Crippen molar-refractivity contribution in [2.24, 2.45) is 5.10 Å². The van der Waals surface area contributed by atoms with Gasteiger partial charge in [0.15, 0.2) is 12.4 Å². The number of nitrogens with zero attached hydrogens (tertiary/aromatic N) is 2. The van der Waals surface area contributed by atoms with E-state index in [9.17, 15) is 20.0 Å². The molecule has 0 aromatic heterocycles. The molecule has 0 saturated heterocycles. The van der Waals surface area contributed by atoms with Gasteiger partial charge in [-0.15, -0.1) is 0 Å². The summed E-state index contributed by atoms with van der Waals surface area (Å²) in [5.41, 5.74) is 4.26. The number of benzene rings is 2. The number of aryl methyl sites for hydroxylation is 1. The van der Waals surface area contributed by atoms with Crippen LogP contribution in [0, 0.1) is 17.0 Å². The number of carbonyl (C=O) groups is 1. The fourth-order valence-electron chi connectivity index (χ4n) is 2.36. The molecule has 8 heteroatoms. The van der Waals surface area contributed by atoms with Crippen LogP contribution in [0.5, 0.6) is 11.5 Å². The maximum Gasteiger partial charge on any atom is 0.311 e. The van der Waals surface area contributed by atoms with E-state index in [1.807, 2.05) is 39.0 Å². The monoisotopic (exact) mass is 371 g/mol. The third kappa shape index (κ3) is 5.53. The molecule has 0 spiro atoms. The molecule has 142 valence electrons. The number of aromatic hydroxyl groups is 1. The fourth-order valence-corrected chi connectivity index (χ4v) is 2.36. The van der Waals surface area contributed by atoms with Crippen molar-refractivity contribution in [2.45, 2.75) is 26.7 Å². The van der Waals surface area contributed by atoms with Crippen LogP contribution < -0.4 is 10.2 Å². The van der Waals surface area contributed by atoms with Crippen LogP contribution in [-0.2, 0) is 4.79 Å². The van der Waals surface area contributed by atoms with E-state index in [-0.39, 0.29) is 12.5 Å². The summed E-state index contributed by atoms with van der Waals surface area (Å²) in [5, 5.41) is 23.9. The summed E-state index contributed by atoms with van der Waals surface area (Å²) in [6.07, 6.45) is 1.25. The van der Waals surface area contributed by atoms with Crippen LogP contribution in [-0.4, -0.2) is 28.8 Å². The molecule has 2 rings (SSSR count). The first-order valence-corrected chi connectivity index (χ1v) is 8.30. The Morgan fingerprint density at radius 1 is 1.33 bits per heavy atom. The lowest BCUT2D eigenvalue weighted by atomic mass is 10.0. The zero-order chi connectivity index (χ0) is 20.0. The molecule has 0 saturated carbocycles. The van der Waals surface area contributed by atoms with E-state index in [1.165, 1.54) is 18.3 Å². The van der Waals surface area contributed by atoms with Crippen molar-refractivity contribution in [3.63, 3.8) is 0 Å². The summed E-state index contributed by atoms with van der Waals surface area (Å²) < 4.78 is 5.60. The Hall–Kier alpha value is -3.42. The third-order valence-corrected chi connectivity index (χ3v) is 3.75. The lowest BCUT2D eigenvalue weighted by Crippen LogP contribution is -2.25. The summed E-state index contributed by atoms with van der Waals surface area (Å²) >= 11 is 0. The highest BCUT2D eigenvalue weighted by atomic mass is 16.6. The van der Waals surface area contributed by atoms with E-state index in [0.717, 1.165) is 17.2 Å². The van der Waals surface area contributed by atoms with Crippen LogP contribution in [0.25, 0.3) is 0 Å². The second-order valence-electron chi connectivity index (χ2n) is 6.28. The van der Waals surface area contributed by atoms with Gasteiger partial charge in [-0.1, -0.05) is 26.0 Å². The molecule has 0 radical (unpaired) electrons. The highest BCUT2D eigenvalue weighted by Gasteiger charge is 2.13. The first-order valence-electron chi connectivity index (χ1n) is 8.30. The lowest BCUT2D eigenvalue weighted by molar-refractivity contribution is -0.385. The van der Waals surface area contributed by atoms with Crippen LogP contribution in [0.4, 0.5) is 5.69 Å². The fraction of sp³-hybridized carbons (Fsp3) is 0.263. The van der Waals surface area contributed by atoms with Gasteiger partial charge >= 0.3 is 5.69 Å². The smallest absolute Gasteiger partial charge is 0.311 e. The molecular formula is C19H21N3O5. The number of hydrazone groups is 1. The number of phenols is 1. The largest absolute Gasteiger partial charge is 0.502 e. The predicted octanol–water partition coefficient (Wildman–Crippen LogP) is 3.26. The SMILES string of the molecule is Cc1ccc(C(C)C)c(OCC(=O)N/N=C\c2ccc(O)c([N+](=O)[O-])c2)c1. The highest BCUT2D eigenvalue weighted by Crippen LogP contribution is 2.27. The standard InChI is InChI=1S/C19H21N3O5/c1-12(2)15-6-4-13(3)8-18(15)27-11-19(24)21-20-10-14-5-7-17(23)16(9-14)22(25)26/h4-10,12,23H,11H2,1-3H3,(H,21,24)/b20-10-. The van der Waals surface area contributed by atoms with Gasteiger partial charge in [0.05, 0.1) is 11.1 Å². The molecule has 0 atom stereocenters. The number of amides is 1. The second kappa shape index (κ2) is 8.79. The molecule has 2 aromatic rings. The van der Waals surface area contributed by atoms with Gasteiger partial charge < -0.3 is 9.84 Å². The number of hydrogen-bond donors (Lipinski definition) is 2. The van der Waals surface area contributed by atoms with Crippen molar-refractivity contribution in [3.05, 3.63) is 63.2 Å². The normalized spacial score (nSPS) is 11.0. The van der Waals surface area contributed by atoms with Gasteiger partial charge in [0.2, 0.25) is 0 Å². The molecule has 2 N–H and O–H groups in total. The molecular weight excluding hydrogens is 350 g/mol. The van der Waals surface area contributed by atoms with Crippen LogP contribution >= 0.6 is 0 Å². The topological polar surface area (TPSA) is 114 Å². The minimum absolute atomic E-state index is 0.212. The van der Waals surface area contributed by atoms with Crippen molar-refractivity contribution >= 4 is 17.8 Å². The molecule has 8 nitrogen and oxygen atoms in total. The lowest BCUT2D eigenvalue weighted by Gasteiger charge is -2.14. The van der Waals surface area contributed by atoms with Crippen LogP contribution in [0.1, 0.15) is 36.5 Å². The number of rotatable bonds is 7. The van der Waals surface area contributed by atoms with Crippen molar-refractivity contribution in [1.82, 2.24) is 5.43 Å². The summed E-state index contributed by atoms with van der Waals surface area (Å²) in [5.74, 6) is 0.00898. The Labute approximate surface area is 156 Å². The van der Waals surface area contributed by atoms with Gasteiger partial charge in [-0.05, 0) is 42.2 Å². The van der Waals surface area contributed by atoms with Crippen LogP contribution in [0.15, 0.2) is 41.5 Å². The van der Waals surface area contributed by atoms with Crippen LogP contribution in [0.3, 0.4) is 0 Å². The van der Waals surface area contributed by atoms with Gasteiger partial charge in [0.1, 0.15) is 5.75 Å². The first kappa shape index (κ1) is 19.9. The molecule has 0 heterocycles. The molecule has 0 aliphatic rings. The number of nitro benzene ring substituents is 1. The Morgan fingerprint density at radius 3 is 2.74 bits per heavy atom. The second-order valence-corrected chi connectivity index (χ2v) is 6.28. The van der Waals surface area contributed by atoms with E-state index in [0.29, 0.717) is 11.3 Å². The Bertz CT molecular complexity index is 878. The maximum absolute atomic E-state index is 11.9. The number of ether oxygens (including phenoxy) is 1. The number of phenolic OH excluding ortho intramolecular Hbond substituents is 1. The molecule has 0 bridgehead atoms. The molecule has 0 fully saturated rings. The molecule has 0 unspecified atom stereocenters. The summed E-state index contributed by atoms with van der Waals surface area (Å²) in [7, 11) is 0. The van der Waals surface area contributed by atoms with E-state index in [4.69, 9.17) is 4.74 Å². The minimum Gasteiger partial charge on any atom is -0.502 e. The molecule has 27 heavy (non-hydrogen) atoms. The number of carbonyl (C=O) groups excluding carboxylic acids is 1. The van der Waals surface area contributed by atoms with Crippen molar-refractivity contribution in [2.75, 3.05) is 6.61 Å². The minimum atomic E-state index is -0.701. The summed E-state index contributed by atoms with van der Waals surface area (Å²) in [6, 6.07) is 9.63. The van der Waals surface area contributed by atoms with Crippen molar-refractivity contribution in [1.29, 1.82) is 0 Å². The maximum atomic E-state index is 11.9. The van der Waals surface area contributed by atoms with Gasteiger partial charge in [-0.2, -0.15) is 5.10 Å². The summed E-state index contributed by atoms with van der Waals surface area (Å²) in [6.45, 7) is 5.81. The zero-order valence-electron chi connectivity index (χ0n) is 15.3. The Kier molecular flexibility index (Phi) is 6.48. The van der Waals surface area contributed by atoms with Gasteiger partial charge in [-0.3, -0.25) is 14.9 Å². The first-order chi connectivity index (χ1) is 12.8. The van der Waals surface area contributed by atoms with Gasteiger partial charge in [0, 0.05) is 11.6 Å². The Balaban J connectivity index is 1.96. The van der Waals surface area contributed by atoms with Crippen molar-refractivity contribution < 1.29 is 19.6 Å². The number of nitro groups is 1. The van der Waals surface area contributed by atoms with Crippen LogP contribution in [0.2, 0.25) is 0 Å². The predicted molar refractivity (Wildman–Crippen MR) is 101 cm³/mol. The van der Waals surface area contributed by atoms with E-state index < -0.39 is 22.3 Å². The summed E-state index contributed by atoms with van der Waals surface area (Å²) in [4.78, 5) is 22.0. The molecule has 2 aromatic carbocycles. The van der Waals surface area contributed by atoms with Gasteiger partial charge in [-0.25, -0.2) is 5.43 Å². The van der Waals surface area contributed by atoms with E-state index >= 15 is 0 Å². The number of hydrogen-bond acceptors (Lipinski definition) is 6. The van der Waals surface area contributed by atoms with Gasteiger partial charge in [0.25, 0.3) is 5.91 Å². The zero-order valence-corrected chi connectivity index (χ0v) is 15.3. The van der Waals surface area contributed by atoms with E-state index in [2.05, 4.69) is 10.5 Å².